The highest BCUT2D eigenvalue weighted by Gasteiger charge is 2.11. The van der Waals surface area contributed by atoms with E-state index in [9.17, 15) is 9.59 Å². The Kier molecular flexibility index (Phi) is 5.60. The molecule has 5 nitrogen and oxygen atoms in total. The van der Waals surface area contributed by atoms with E-state index in [1.165, 1.54) is 14.2 Å². The number of hydrogen-bond acceptors (Lipinski definition) is 4. The fourth-order valence-electron chi connectivity index (χ4n) is 1.57. The van der Waals surface area contributed by atoms with Crippen molar-refractivity contribution < 1.29 is 14.3 Å². The molecule has 0 bridgehead atoms. The molecule has 0 unspecified atom stereocenters. The first kappa shape index (κ1) is 14.8. The highest BCUT2D eigenvalue weighted by molar-refractivity contribution is 6.01. The normalized spacial score (nSPS) is 10.8. The maximum absolute atomic E-state index is 11.7. The Bertz CT molecular complexity index is 495. The van der Waals surface area contributed by atoms with Crippen molar-refractivity contribution in [3.8, 4) is 0 Å². The number of nitrogens with one attached hydrogen (secondary N) is 2. The predicted molar refractivity (Wildman–Crippen MR) is 73.6 cm³/mol. The van der Waals surface area contributed by atoms with Crippen molar-refractivity contribution in [2.45, 2.75) is 13.3 Å². The molecule has 2 N–H and O–H groups in total. The summed E-state index contributed by atoms with van der Waals surface area (Å²) >= 11 is 0. The minimum Gasteiger partial charge on any atom is -0.466 e. The summed E-state index contributed by atoms with van der Waals surface area (Å²) in [7, 11) is 2.77. The Morgan fingerprint density at radius 2 is 2.00 bits per heavy atom. The Morgan fingerprint density at radius 3 is 2.58 bits per heavy atom. The summed E-state index contributed by atoms with van der Waals surface area (Å²) in [5.41, 5.74) is 2.00. The first-order valence-corrected chi connectivity index (χ1v) is 5.99. The van der Waals surface area contributed by atoms with E-state index in [0.29, 0.717) is 0 Å². The molecule has 19 heavy (non-hydrogen) atoms. The van der Waals surface area contributed by atoms with Gasteiger partial charge in [0.15, 0.2) is 0 Å². The maximum atomic E-state index is 11.7. The zero-order valence-corrected chi connectivity index (χ0v) is 11.3. The maximum Gasteiger partial charge on any atom is 0.332 e. The molecule has 0 saturated heterocycles. The number of hydrogen-bond donors (Lipinski definition) is 2. The van der Waals surface area contributed by atoms with Gasteiger partial charge < -0.3 is 15.4 Å². The summed E-state index contributed by atoms with van der Waals surface area (Å²) in [5.74, 6) is -0.962. The summed E-state index contributed by atoms with van der Waals surface area (Å²) in [4.78, 5) is 23.0. The van der Waals surface area contributed by atoms with Crippen LogP contribution in [0.2, 0.25) is 0 Å². The SMILES string of the molecule is CCc1ccccc1N/C(=C\C(=O)OC)C(=O)NC. The number of ether oxygens (including phenoxy) is 1. The van der Waals surface area contributed by atoms with Crippen molar-refractivity contribution in [1.82, 2.24) is 5.32 Å². The average Bonchev–Trinajstić information content (AvgIpc) is 2.45. The van der Waals surface area contributed by atoms with Crippen molar-refractivity contribution in [2.75, 3.05) is 19.5 Å². The molecule has 1 aromatic carbocycles. The number of para-hydroxylation sites is 1. The molecule has 0 radical (unpaired) electrons. The molecular weight excluding hydrogens is 244 g/mol. The van der Waals surface area contributed by atoms with Gasteiger partial charge in [0.2, 0.25) is 0 Å². The summed E-state index contributed by atoms with van der Waals surface area (Å²) < 4.78 is 4.53. The number of likely N-dealkylation sites (N-methyl/N-ethyl adjacent to an activating group) is 1. The van der Waals surface area contributed by atoms with Crippen LogP contribution in [0.5, 0.6) is 0 Å². The van der Waals surface area contributed by atoms with Crippen molar-refractivity contribution in [3.63, 3.8) is 0 Å². The molecule has 0 aliphatic carbocycles. The Balaban J connectivity index is 3.04. The second-order valence-corrected chi connectivity index (χ2v) is 3.80. The number of amides is 1. The van der Waals surface area contributed by atoms with E-state index < -0.39 is 5.97 Å². The van der Waals surface area contributed by atoms with Crippen molar-refractivity contribution in [1.29, 1.82) is 0 Å². The van der Waals surface area contributed by atoms with E-state index in [2.05, 4.69) is 15.4 Å². The van der Waals surface area contributed by atoms with Gasteiger partial charge in [-0.1, -0.05) is 25.1 Å². The zero-order chi connectivity index (χ0) is 14.3. The van der Waals surface area contributed by atoms with Gasteiger partial charge in [0.25, 0.3) is 5.91 Å². The molecule has 0 aliphatic rings. The first-order chi connectivity index (χ1) is 9.12. The summed E-state index contributed by atoms with van der Waals surface area (Å²) in [6.45, 7) is 2.02. The summed E-state index contributed by atoms with van der Waals surface area (Å²) in [6.07, 6.45) is 1.95. The minimum atomic E-state index is -0.583. The van der Waals surface area contributed by atoms with Crippen LogP contribution in [-0.2, 0) is 20.7 Å². The lowest BCUT2D eigenvalue weighted by atomic mass is 10.1. The lowest BCUT2D eigenvalue weighted by Gasteiger charge is -2.12. The second kappa shape index (κ2) is 7.20. The molecule has 102 valence electrons. The van der Waals surface area contributed by atoms with Crippen LogP contribution in [0.15, 0.2) is 36.0 Å². The first-order valence-electron chi connectivity index (χ1n) is 5.99. The van der Waals surface area contributed by atoms with Crippen LogP contribution in [0.4, 0.5) is 5.69 Å². The van der Waals surface area contributed by atoms with Gasteiger partial charge in [-0.2, -0.15) is 0 Å². The van der Waals surface area contributed by atoms with Crippen LogP contribution < -0.4 is 10.6 Å². The van der Waals surface area contributed by atoms with E-state index in [1.54, 1.807) is 0 Å². The van der Waals surface area contributed by atoms with Gasteiger partial charge in [-0.15, -0.1) is 0 Å². The van der Waals surface area contributed by atoms with Gasteiger partial charge in [0.1, 0.15) is 5.70 Å². The van der Waals surface area contributed by atoms with Gasteiger partial charge in [-0.3, -0.25) is 4.79 Å². The average molecular weight is 262 g/mol. The molecule has 0 spiro atoms. The Labute approximate surface area is 112 Å². The van der Waals surface area contributed by atoms with E-state index >= 15 is 0 Å². The summed E-state index contributed by atoms with van der Waals surface area (Å²) in [6, 6.07) is 7.60. The number of esters is 1. The van der Waals surface area contributed by atoms with Crippen molar-refractivity contribution in [2.24, 2.45) is 0 Å². The van der Waals surface area contributed by atoms with Crippen LogP contribution in [0.25, 0.3) is 0 Å². The summed E-state index contributed by atoms with van der Waals surface area (Å²) in [5, 5.41) is 5.44. The van der Waals surface area contributed by atoms with Crippen LogP contribution in [-0.4, -0.2) is 26.0 Å². The molecule has 0 aromatic heterocycles. The minimum absolute atomic E-state index is 0.148. The quantitative estimate of drug-likeness (QED) is 0.623. The smallest absolute Gasteiger partial charge is 0.332 e. The molecular formula is C14H18N2O3. The number of anilines is 1. The Hall–Kier alpha value is -2.30. The topological polar surface area (TPSA) is 67.4 Å². The molecule has 0 fully saturated rings. The van der Waals surface area contributed by atoms with Gasteiger partial charge in [0, 0.05) is 12.7 Å². The van der Waals surface area contributed by atoms with Crippen molar-refractivity contribution >= 4 is 17.6 Å². The predicted octanol–water partition coefficient (Wildman–Crippen LogP) is 1.46. The number of methoxy groups -OCH3 is 1. The van der Waals surface area contributed by atoms with Crippen LogP contribution >= 0.6 is 0 Å². The van der Waals surface area contributed by atoms with Crippen LogP contribution in [0.3, 0.4) is 0 Å². The second-order valence-electron chi connectivity index (χ2n) is 3.80. The third-order valence-electron chi connectivity index (χ3n) is 2.60. The van der Waals surface area contributed by atoms with E-state index in [-0.39, 0.29) is 11.6 Å². The number of aryl methyl sites for hydroxylation is 1. The molecule has 1 aromatic rings. The fourth-order valence-corrected chi connectivity index (χ4v) is 1.57. The fraction of sp³-hybridized carbons (Fsp3) is 0.286. The molecule has 0 atom stereocenters. The van der Waals surface area contributed by atoms with Gasteiger partial charge in [-0.05, 0) is 18.1 Å². The van der Waals surface area contributed by atoms with Crippen LogP contribution in [0, 0.1) is 0 Å². The van der Waals surface area contributed by atoms with E-state index in [4.69, 9.17) is 0 Å². The highest BCUT2D eigenvalue weighted by Crippen LogP contribution is 2.17. The monoisotopic (exact) mass is 262 g/mol. The highest BCUT2D eigenvalue weighted by atomic mass is 16.5. The molecule has 1 rings (SSSR count). The molecule has 0 saturated carbocycles. The van der Waals surface area contributed by atoms with Gasteiger partial charge >= 0.3 is 5.97 Å². The molecule has 5 heteroatoms. The van der Waals surface area contributed by atoms with Gasteiger partial charge in [0.05, 0.1) is 13.2 Å². The molecule has 1 amide bonds. The standard InChI is InChI=1S/C14H18N2O3/c1-4-10-7-5-6-8-11(10)16-12(14(18)15-2)9-13(17)19-3/h5-9,16H,4H2,1-3H3,(H,15,18)/b12-9-. The number of rotatable bonds is 5. The lowest BCUT2D eigenvalue weighted by molar-refractivity contribution is -0.135. The third-order valence-corrected chi connectivity index (χ3v) is 2.60. The lowest BCUT2D eigenvalue weighted by Crippen LogP contribution is -2.25. The number of carbonyl (C=O) groups is 2. The Morgan fingerprint density at radius 1 is 1.32 bits per heavy atom. The van der Waals surface area contributed by atoms with E-state index in [0.717, 1.165) is 23.7 Å². The molecule has 0 aliphatic heterocycles. The largest absolute Gasteiger partial charge is 0.466 e. The van der Waals surface area contributed by atoms with E-state index in [1.807, 2.05) is 31.2 Å². The molecule has 0 heterocycles. The third kappa shape index (κ3) is 4.13. The van der Waals surface area contributed by atoms with Crippen LogP contribution in [0.1, 0.15) is 12.5 Å². The number of benzene rings is 1. The zero-order valence-electron chi connectivity index (χ0n) is 11.3. The number of carbonyl (C=O) groups excluding carboxylic acids is 2. The van der Waals surface area contributed by atoms with Gasteiger partial charge in [-0.25, -0.2) is 4.79 Å². The van der Waals surface area contributed by atoms with Crippen molar-refractivity contribution in [3.05, 3.63) is 41.6 Å².